The summed E-state index contributed by atoms with van der Waals surface area (Å²) in [7, 11) is 0. The Morgan fingerprint density at radius 2 is 0.906 bits per heavy atom. The van der Waals surface area contributed by atoms with Crippen molar-refractivity contribution < 1.29 is 26.3 Å². The number of rotatable bonds is 5. The lowest BCUT2D eigenvalue weighted by molar-refractivity contribution is -0.114. The summed E-state index contributed by atoms with van der Waals surface area (Å²) in [5.74, 6) is 0. The average Bonchev–Trinajstić information content (AvgIpc) is 3.38. The molecule has 0 atom stereocenters. The van der Waals surface area contributed by atoms with E-state index in [9.17, 15) is 26.3 Å². The zero-order chi connectivity index (χ0) is 22.9. The van der Waals surface area contributed by atoms with E-state index >= 15 is 0 Å². The number of halogens is 6. The van der Waals surface area contributed by atoms with E-state index in [0.29, 0.717) is 11.4 Å². The van der Waals surface area contributed by atoms with Gasteiger partial charge in [-0.1, -0.05) is 36.4 Å². The molecule has 0 radical (unpaired) electrons. The molecule has 2 aliphatic heterocycles. The van der Waals surface area contributed by atoms with Crippen LogP contribution >= 0.6 is 0 Å². The van der Waals surface area contributed by atoms with Gasteiger partial charge in [-0.15, -0.1) is 0 Å². The summed E-state index contributed by atoms with van der Waals surface area (Å²) >= 11 is 0. The molecule has 0 saturated carbocycles. The second-order valence-electron chi connectivity index (χ2n) is 7.44. The maximum absolute atomic E-state index is 13.6. The van der Waals surface area contributed by atoms with Gasteiger partial charge >= 0.3 is 12.4 Å². The number of allylic oxidation sites excluding steroid dienone is 2. The van der Waals surface area contributed by atoms with Crippen LogP contribution in [0.2, 0.25) is 0 Å². The lowest BCUT2D eigenvalue weighted by atomic mass is 10.3. The Labute approximate surface area is 181 Å². The van der Waals surface area contributed by atoms with Crippen molar-refractivity contribution in [3.63, 3.8) is 0 Å². The Morgan fingerprint density at radius 1 is 0.562 bits per heavy atom. The van der Waals surface area contributed by atoms with E-state index in [1.54, 1.807) is 60.7 Å². The third-order valence-electron chi connectivity index (χ3n) is 5.28. The fraction of sp³-hybridized carbons (Fsp3) is 0.273. The molecule has 0 fully saturated rings. The van der Waals surface area contributed by atoms with Crippen LogP contribution in [0.5, 0.6) is 0 Å². The topological polar surface area (TPSA) is 13.0 Å². The van der Waals surface area contributed by atoms with E-state index in [2.05, 4.69) is 0 Å². The van der Waals surface area contributed by atoms with Crippen LogP contribution in [0.1, 0.15) is 0 Å². The van der Waals surface area contributed by atoms with Crippen LogP contribution < -0.4 is 9.80 Å². The van der Waals surface area contributed by atoms with Crippen LogP contribution in [-0.4, -0.2) is 48.6 Å². The fourth-order valence-electron chi connectivity index (χ4n) is 3.74. The molecule has 2 aromatic rings. The summed E-state index contributed by atoms with van der Waals surface area (Å²) < 4.78 is 81.6. The zero-order valence-electron chi connectivity index (χ0n) is 16.8. The van der Waals surface area contributed by atoms with Gasteiger partial charge < -0.3 is 19.6 Å². The van der Waals surface area contributed by atoms with E-state index in [0.717, 1.165) is 22.2 Å². The van der Waals surface area contributed by atoms with Crippen molar-refractivity contribution in [2.75, 3.05) is 36.2 Å². The van der Waals surface area contributed by atoms with Crippen molar-refractivity contribution in [2.24, 2.45) is 0 Å². The van der Waals surface area contributed by atoms with Gasteiger partial charge in [-0.2, -0.15) is 26.3 Å². The van der Waals surface area contributed by atoms with Crippen LogP contribution in [0.25, 0.3) is 0 Å². The van der Waals surface area contributed by atoms with Gasteiger partial charge in [0.05, 0.1) is 13.3 Å². The van der Waals surface area contributed by atoms with E-state index in [1.807, 2.05) is 0 Å². The molecule has 0 unspecified atom stereocenters. The Hall–Kier alpha value is -3.30. The number of hydrogen-bond donors (Lipinski definition) is 0. The predicted molar refractivity (Wildman–Crippen MR) is 109 cm³/mol. The molecule has 0 aliphatic carbocycles. The van der Waals surface area contributed by atoms with Gasteiger partial charge in [0.1, 0.15) is 11.4 Å². The molecule has 170 valence electrons. The quantitative estimate of drug-likeness (QED) is 0.565. The van der Waals surface area contributed by atoms with Gasteiger partial charge in [0.2, 0.25) is 0 Å². The SMILES string of the molecule is FC(F)(F)C1=CN(c2ccccc2)CN1CCN1CN(c2ccccc2)C=C1C(F)(F)F. The first-order valence-corrected chi connectivity index (χ1v) is 9.84. The molecule has 0 aromatic heterocycles. The summed E-state index contributed by atoms with van der Waals surface area (Å²) in [6.45, 7) is -0.629. The van der Waals surface area contributed by atoms with E-state index in [-0.39, 0.29) is 26.4 Å². The maximum atomic E-state index is 13.6. The smallest absolute Gasteiger partial charge is 0.347 e. The van der Waals surface area contributed by atoms with Gasteiger partial charge in [-0.3, -0.25) is 0 Å². The molecule has 2 heterocycles. The van der Waals surface area contributed by atoms with Crippen LogP contribution in [0.4, 0.5) is 37.7 Å². The first kappa shape index (κ1) is 21.9. The molecule has 0 saturated heterocycles. The molecule has 0 spiro atoms. The normalized spacial score (nSPS) is 17.2. The molecular weight excluding hydrogens is 434 g/mol. The highest BCUT2D eigenvalue weighted by atomic mass is 19.4. The van der Waals surface area contributed by atoms with E-state index in [1.165, 1.54) is 9.80 Å². The Kier molecular flexibility index (Phi) is 5.70. The number of nitrogens with zero attached hydrogens (tertiary/aromatic N) is 4. The van der Waals surface area contributed by atoms with Gasteiger partial charge in [0.15, 0.2) is 0 Å². The minimum Gasteiger partial charge on any atom is -0.347 e. The molecule has 10 heteroatoms. The lowest BCUT2D eigenvalue weighted by Gasteiger charge is -2.30. The first-order valence-electron chi connectivity index (χ1n) is 9.84. The maximum Gasteiger partial charge on any atom is 0.432 e. The summed E-state index contributed by atoms with van der Waals surface area (Å²) in [5, 5.41) is 0. The Bertz CT molecular complexity index is 903. The van der Waals surface area contributed by atoms with Crippen LogP contribution in [0.15, 0.2) is 84.5 Å². The molecule has 2 aliphatic rings. The van der Waals surface area contributed by atoms with E-state index < -0.39 is 23.7 Å². The largest absolute Gasteiger partial charge is 0.432 e. The highest BCUT2D eigenvalue weighted by Gasteiger charge is 2.44. The zero-order valence-corrected chi connectivity index (χ0v) is 16.8. The molecular formula is C22H20F6N4. The van der Waals surface area contributed by atoms with Crippen molar-refractivity contribution in [3.05, 3.63) is 84.5 Å². The summed E-state index contributed by atoms with van der Waals surface area (Å²) in [4.78, 5) is 4.99. The average molecular weight is 454 g/mol. The number of hydrogen-bond acceptors (Lipinski definition) is 4. The highest BCUT2D eigenvalue weighted by Crippen LogP contribution is 2.37. The Balaban J connectivity index is 1.50. The van der Waals surface area contributed by atoms with Crippen molar-refractivity contribution in [3.8, 4) is 0 Å². The monoisotopic (exact) mass is 454 g/mol. The van der Waals surface area contributed by atoms with Crippen LogP contribution in [0, 0.1) is 0 Å². The van der Waals surface area contributed by atoms with Crippen molar-refractivity contribution in [1.82, 2.24) is 9.80 Å². The predicted octanol–water partition coefficient (Wildman–Crippen LogP) is 5.35. The van der Waals surface area contributed by atoms with E-state index in [4.69, 9.17) is 0 Å². The molecule has 0 N–H and O–H groups in total. The fourth-order valence-corrected chi connectivity index (χ4v) is 3.74. The third-order valence-corrected chi connectivity index (χ3v) is 5.28. The molecule has 0 bridgehead atoms. The first-order chi connectivity index (χ1) is 15.1. The number of para-hydroxylation sites is 2. The second-order valence-corrected chi connectivity index (χ2v) is 7.44. The molecule has 32 heavy (non-hydrogen) atoms. The van der Waals surface area contributed by atoms with Gasteiger partial charge in [-0.25, -0.2) is 0 Å². The molecule has 0 amide bonds. The van der Waals surface area contributed by atoms with Gasteiger partial charge in [0.25, 0.3) is 0 Å². The standard InChI is InChI=1S/C22H20F6N4/c23-21(24,25)19-13-31(17-7-3-1-4-8-17)15-29(19)11-12-30-16-32(14-20(30)22(26,27)28)18-9-5-2-6-10-18/h1-10,13-14H,11-12,15-16H2. The minimum atomic E-state index is -4.62. The van der Waals surface area contributed by atoms with Gasteiger partial charge in [-0.05, 0) is 24.3 Å². The minimum absolute atomic E-state index is 0.0971. The second kappa shape index (κ2) is 8.33. The van der Waals surface area contributed by atoms with Crippen molar-refractivity contribution in [2.45, 2.75) is 12.4 Å². The molecule has 4 nitrogen and oxygen atoms in total. The Morgan fingerprint density at radius 3 is 1.22 bits per heavy atom. The molecule has 4 rings (SSSR count). The summed E-state index contributed by atoms with van der Waals surface area (Å²) in [5.41, 5.74) is -0.607. The van der Waals surface area contributed by atoms with Crippen molar-refractivity contribution >= 4 is 11.4 Å². The molecule has 2 aromatic carbocycles. The van der Waals surface area contributed by atoms with Crippen molar-refractivity contribution in [1.29, 1.82) is 0 Å². The van der Waals surface area contributed by atoms with Crippen LogP contribution in [-0.2, 0) is 0 Å². The van der Waals surface area contributed by atoms with Crippen LogP contribution in [0.3, 0.4) is 0 Å². The van der Waals surface area contributed by atoms with Gasteiger partial charge in [0, 0.05) is 36.9 Å². The lowest BCUT2D eigenvalue weighted by Crippen LogP contribution is -2.40. The number of benzene rings is 2. The third kappa shape index (κ3) is 4.63. The summed E-state index contributed by atoms with van der Waals surface area (Å²) in [6.07, 6.45) is -7.24. The number of anilines is 2. The summed E-state index contributed by atoms with van der Waals surface area (Å²) in [6, 6.07) is 17.1. The highest BCUT2D eigenvalue weighted by molar-refractivity contribution is 5.52. The number of alkyl halides is 6.